The van der Waals surface area contributed by atoms with Crippen molar-refractivity contribution < 1.29 is 13.5 Å². The molecule has 0 aliphatic heterocycles. The van der Waals surface area contributed by atoms with Crippen molar-refractivity contribution in [1.29, 1.82) is 0 Å². The van der Waals surface area contributed by atoms with E-state index in [4.69, 9.17) is 10.5 Å². The predicted octanol–water partition coefficient (Wildman–Crippen LogP) is 3.48. The molecule has 2 aromatic carbocycles. The van der Waals surface area contributed by atoms with Gasteiger partial charge in [-0.1, -0.05) is 12.1 Å². The number of hydrogen-bond acceptors (Lipinski definition) is 2. The number of benzene rings is 2. The molecule has 0 aliphatic rings. The lowest BCUT2D eigenvalue weighted by Crippen LogP contribution is -2.15. The zero-order valence-electron chi connectivity index (χ0n) is 11.1. The molecule has 0 aromatic heterocycles. The van der Waals surface area contributed by atoms with Gasteiger partial charge in [-0.2, -0.15) is 0 Å². The van der Waals surface area contributed by atoms with Gasteiger partial charge in [0.2, 0.25) is 0 Å². The van der Waals surface area contributed by atoms with E-state index in [1.54, 1.807) is 18.2 Å². The maximum Gasteiger partial charge on any atom is 0.123 e. The van der Waals surface area contributed by atoms with E-state index in [1.165, 1.54) is 24.3 Å². The second kappa shape index (κ2) is 7.01. The predicted molar refractivity (Wildman–Crippen MR) is 74.7 cm³/mol. The van der Waals surface area contributed by atoms with Crippen molar-refractivity contribution in [3.63, 3.8) is 0 Å². The van der Waals surface area contributed by atoms with Crippen molar-refractivity contribution in [3.05, 3.63) is 65.7 Å². The number of nitrogens with two attached hydrogens (primary N) is 1. The Balaban J connectivity index is 1.89. The van der Waals surface area contributed by atoms with Crippen LogP contribution in [0.1, 0.15) is 17.9 Å². The molecule has 0 heterocycles. The minimum atomic E-state index is -0.294. The number of hydrogen-bond donors (Lipinski definition) is 1. The summed E-state index contributed by atoms with van der Waals surface area (Å²) in [6.07, 6.45) is 0.678. The van der Waals surface area contributed by atoms with Crippen molar-refractivity contribution in [3.8, 4) is 5.75 Å². The molecule has 0 aliphatic carbocycles. The summed E-state index contributed by atoms with van der Waals surface area (Å²) in [5.74, 6) is 0.102. The molecule has 0 radical (unpaired) electrons. The first-order valence-corrected chi connectivity index (χ1v) is 6.53. The average Bonchev–Trinajstić information content (AvgIpc) is 2.45. The van der Waals surface area contributed by atoms with Gasteiger partial charge >= 0.3 is 0 Å². The molecule has 0 spiro atoms. The Hall–Kier alpha value is -1.94. The van der Waals surface area contributed by atoms with Crippen LogP contribution < -0.4 is 10.5 Å². The van der Waals surface area contributed by atoms with Gasteiger partial charge in [0.25, 0.3) is 0 Å². The summed E-state index contributed by atoms with van der Waals surface area (Å²) in [6, 6.07) is 12.3. The van der Waals surface area contributed by atoms with Crippen LogP contribution in [-0.4, -0.2) is 13.2 Å². The summed E-state index contributed by atoms with van der Waals surface area (Å²) >= 11 is 0. The zero-order valence-corrected chi connectivity index (χ0v) is 11.1. The molecular weight excluding hydrogens is 260 g/mol. The third-order valence-electron chi connectivity index (χ3n) is 3.15. The van der Waals surface area contributed by atoms with Gasteiger partial charge in [-0.3, -0.25) is 0 Å². The van der Waals surface area contributed by atoms with Gasteiger partial charge in [-0.25, -0.2) is 8.78 Å². The van der Waals surface area contributed by atoms with Crippen LogP contribution in [0, 0.1) is 11.6 Å². The summed E-state index contributed by atoms with van der Waals surface area (Å²) < 4.78 is 31.5. The Labute approximate surface area is 117 Å². The molecule has 1 unspecified atom stereocenters. The van der Waals surface area contributed by atoms with Gasteiger partial charge in [0, 0.05) is 0 Å². The molecule has 0 saturated carbocycles. The second-order valence-corrected chi connectivity index (χ2v) is 4.58. The lowest BCUT2D eigenvalue weighted by atomic mass is 9.96. The van der Waals surface area contributed by atoms with E-state index >= 15 is 0 Å². The van der Waals surface area contributed by atoms with E-state index in [-0.39, 0.29) is 17.6 Å². The van der Waals surface area contributed by atoms with E-state index in [2.05, 4.69) is 0 Å². The second-order valence-electron chi connectivity index (χ2n) is 4.58. The van der Waals surface area contributed by atoms with Crippen molar-refractivity contribution in [1.82, 2.24) is 0 Å². The molecule has 2 nitrogen and oxygen atoms in total. The summed E-state index contributed by atoms with van der Waals surface area (Å²) in [5.41, 5.74) is 6.60. The maximum absolute atomic E-state index is 13.2. The third-order valence-corrected chi connectivity index (χ3v) is 3.15. The number of ether oxygens (including phenoxy) is 1. The lowest BCUT2D eigenvalue weighted by Gasteiger charge is -2.15. The first-order chi connectivity index (χ1) is 9.69. The van der Waals surface area contributed by atoms with E-state index in [0.29, 0.717) is 25.3 Å². The molecular formula is C16H17F2NO. The molecule has 2 N–H and O–H groups in total. The standard InChI is InChI=1S/C16H17F2NO/c17-14-4-6-16(7-5-14)20-9-8-13(11-19)12-2-1-3-15(18)10-12/h1-7,10,13H,8-9,11,19H2. The Bertz CT molecular complexity index is 542. The molecule has 0 amide bonds. The van der Waals surface area contributed by atoms with Crippen molar-refractivity contribution >= 4 is 0 Å². The Morgan fingerprint density at radius 2 is 1.75 bits per heavy atom. The van der Waals surface area contributed by atoms with Gasteiger partial charge < -0.3 is 10.5 Å². The molecule has 0 fully saturated rings. The first-order valence-electron chi connectivity index (χ1n) is 6.53. The molecule has 1 atom stereocenters. The van der Waals surface area contributed by atoms with Crippen molar-refractivity contribution in [2.24, 2.45) is 5.73 Å². The summed E-state index contributed by atoms with van der Waals surface area (Å²) in [6.45, 7) is 0.875. The summed E-state index contributed by atoms with van der Waals surface area (Å²) in [5, 5.41) is 0. The topological polar surface area (TPSA) is 35.2 Å². The van der Waals surface area contributed by atoms with Crippen LogP contribution in [0.15, 0.2) is 48.5 Å². The molecule has 2 rings (SSSR count). The van der Waals surface area contributed by atoms with Gasteiger partial charge in [-0.05, 0) is 60.8 Å². The van der Waals surface area contributed by atoms with Crippen molar-refractivity contribution in [2.45, 2.75) is 12.3 Å². The largest absolute Gasteiger partial charge is 0.494 e. The molecule has 106 valence electrons. The molecule has 4 heteroatoms. The Kier molecular flexibility index (Phi) is 5.07. The van der Waals surface area contributed by atoms with Gasteiger partial charge in [0.1, 0.15) is 17.4 Å². The number of rotatable bonds is 6. The van der Waals surface area contributed by atoms with Gasteiger partial charge in [0.15, 0.2) is 0 Å². The fourth-order valence-electron chi connectivity index (χ4n) is 2.03. The quantitative estimate of drug-likeness (QED) is 0.877. The fourth-order valence-corrected chi connectivity index (χ4v) is 2.03. The van der Waals surface area contributed by atoms with E-state index in [0.717, 1.165) is 5.56 Å². The molecule has 0 saturated heterocycles. The first kappa shape index (κ1) is 14.5. The molecule has 20 heavy (non-hydrogen) atoms. The minimum Gasteiger partial charge on any atom is -0.494 e. The highest BCUT2D eigenvalue weighted by atomic mass is 19.1. The van der Waals surface area contributed by atoms with Gasteiger partial charge in [-0.15, -0.1) is 0 Å². The van der Waals surface area contributed by atoms with Crippen LogP contribution >= 0.6 is 0 Å². The SMILES string of the molecule is NCC(CCOc1ccc(F)cc1)c1cccc(F)c1. The minimum absolute atomic E-state index is 0.0474. The van der Waals surface area contributed by atoms with E-state index < -0.39 is 0 Å². The van der Waals surface area contributed by atoms with Crippen LogP contribution in [0.3, 0.4) is 0 Å². The monoisotopic (exact) mass is 277 g/mol. The lowest BCUT2D eigenvalue weighted by molar-refractivity contribution is 0.298. The Morgan fingerprint density at radius 1 is 1.00 bits per heavy atom. The van der Waals surface area contributed by atoms with Crippen molar-refractivity contribution in [2.75, 3.05) is 13.2 Å². The summed E-state index contributed by atoms with van der Waals surface area (Å²) in [4.78, 5) is 0. The van der Waals surface area contributed by atoms with Crippen LogP contribution in [0.25, 0.3) is 0 Å². The van der Waals surface area contributed by atoms with Gasteiger partial charge in [0.05, 0.1) is 6.61 Å². The molecule has 0 bridgehead atoms. The van der Waals surface area contributed by atoms with E-state index in [9.17, 15) is 8.78 Å². The number of halogens is 2. The summed E-state index contributed by atoms with van der Waals surface area (Å²) in [7, 11) is 0. The van der Waals surface area contributed by atoms with Crippen LogP contribution in [0.2, 0.25) is 0 Å². The normalized spacial score (nSPS) is 12.2. The zero-order chi connectivity index (χ0) is 14.4. The average molecular weight is 277 g/mol. The third kappa shape index (κ3) is 4.03. The van der Waals surface area contributed by atoms with Crippen LogP contribution in [-0.2, 0) is 0 Å². The highest BCUT2D eigenvalue weighted by Gasteiger charge is 2.10. The Morgan fingerprint density at radius 3 is 2.40 bits per heavy atom. The highest BCUT2D eigenvalue weighted by molar-refractivity contribution is 5.23. The van der Waals surface area contributed by atoms with Crippen LogP contribution in [0.5, 0.6) is 5.75 Å². The molecule has 2 aromatic rings. The van der Waals surface area contributed by atoms with Crippen LogP contribution in [0.4, 0.5) is 8.78 Å². The smallest absolute Gasteiger partial charge is 0.123 e. The van der Waals surface area contributed by atoms with E-state index in [1.807, 2.05) is 6.07 Å². The highest BCUT2D eigenvalue weighted by Crippen LogP contribution is 2.20. The maximum atomic E-state index is 13.2. The fraction of sp³-hybridized carbons (Fsp3) is 0.250.